The van der Waals surface area contributed by atoms with E-state index in [-0.39, 0.29) is 0 Å². The van der Waals surface area contributed by atoms with Crippen LogP contribution in [0.15, 0.2) is 12.3 Å². The summed E-state index contributed by atoms with van der Waals surface area (Å²) in [6.45, 7) is 3.11. The van der Waals surface area contributed by atoms with Gasteiger partial charge in [-0.3, -0.25) is 0 Å². The standard InChI is InChI=1S/C3H2Cl/c1-2-3-4/h1H2/q+1. The quantitative estimate of drug-likeness (QED) is 0.300. The first-order chi connectivity index (χ1) is 1.91. The van der Waals surface area contributed by atoms with Gasteiger partial charge in [-0.2, -0.15) is 0 Å². The van der Waals surface area contributed by atoms with Crippen molar-refractivity contribution in [2.24, 2.45) is 0 Å². The molecule has 0 nitrogen and oxygen atoms in total. The van der Waals surface area contributed by atoms with Crippen molar-refractivity contribution in [3.63, 3.8) is 0 Å². The molecule has 20 valence electrons. The van der Waals surface area contributed by atoms with E-state index in [9.17, 15) is 0 Å². The van der Waals surface area contributed by atoms with Crippen molar-refractivity contribution >= 4 is 11.6 Å². The summed E-state index contributed by atoms with van der Waals surface area (Å²) in [6.07, 6.45) is 0. The highest BCUT2D eigenvalue weighted by Crippen LogP contribution is 1.61. The molecule has 0 radical (unpaired) electrons. The lowest BCUT2D eigenvalue weighted by atomic mass is 11.0. The minimum Gasteiger partial charge on any atom is 0.0839 e. The van der Waals surface area contributed by atoms with Gasteiger partial charge in [-0.15, -0.1) is 0 Å². The van der Waals surface area contributed by atoms with Crippen molar-refractivity contribution in [1.29, 1.82) is 0 Å². The molecule has 0 aromatic rings. The fraction of sp³-hybridized carbons (Fsp3) is 0. The van der Waals surface area contributed by atoms with Gasteiger partial charge in [0.15, 0.2) is 5.73 Å². The predicted molar refractivity (Wildman–Crippen MR) is 18.2 cm³/mol. The van der Waals surface area contributed by atoms with E-state index in [2.05, 4.69) is 12.3 Å². The van der Waals surface area contributed by atoms with Crippen LogP contribution in [0.4, 0.5) is 0 Å². The number of hydrogen-bond acceptors (Lipinski definition) is 0. The maximum atomic E-state index is 4.76. The average Bonchev–Trinajstić information content (AvgIpc) is 1.37. The molecule has 0 aliphatic heterocycles. The first-order valence-electron chi connectivity index (χ1n) is 0.793. The second-order valence-corrected chi connectivity index (χ2v) is 0.460. The van der Waals surface area contributed by atoms with Gasteiger partial charge in [-0.05, 0) is 0 Å². The lowest BCUT2D eigenvalue weighted by Crippen LogP contribution is -1.08. The molecular weight excluding hydrogens is 71.5 g/mol. The molecule has 0 aromatic heterocycles. The van der Waals surface area contributed by atoms with E-state index >= 15 is 0 Å². The Morgan fingerprint density at radius 2 is 2.25 bits per heavy atom. The number of rotatable bonds is 0. The second kappa shape index (κ2) is 2.72. The van der Waals surface area contributed by atoms with Crippen molar-refractivity contribution in [3.8, 4) is 0 Å². The van der Waals surface area contributed by atoms with E-state index < -0.39 is 0 Å². The molecule has 0 N–H and O–H groups in total. The Kier molecular flexibility index (Phi) is 2.53. The minimum atomic E-state index is 2.04. The number of halogens is 1. The van der Waals surface area contributed by atoms with Crippen LogP contribution in [0.2, 0.25) is 0 Å². The van der Waals surface area contributed by atoms with Crippen LogP contribution in [0.1, 0.15) is 0 Å². The lowest BCUT2D eigenvalue weighted by Gasteiger charge is -1.13. The van der Waals surface area contributed by atoms with E-state index in [0.717, 1.165) is 0 Å². The molecule has 0 aliphatic rings. The van der Waals surface area contributed by atoms with Gasteiger partial charge in [0, 0.05) is 0 Å². The molecule has 0 bridgehead atoms. The van der Waals surface area contributed by atoms with Gasteiger partial charge in [-0.25, -0.2) is 0 Å². The molecule has 0 saturated carbocycles. The normalized spacial score (nSPS) is 3.25. The van der Waals surface area contributed by atoms with Crippen molar-refractivity contribution in [3.05, 3.63) is 17.8 Å². The predicted octanol–water partition coefficient (Wildman–Crippen LogP) is 1.33. The summed E-state index contributed by atoms with van der Waals surface area (Å²) < 4.78 is 0. The molecular formula is C3H2Cl+. The summed E-state index contributed by atoms with van der Waals surface area (Å²) in [6, 6.07) is 0. The van der Waals surface area contributed by atoms with Crippen LogP contribution in [0.5, 0.6) is 0 Å². The fourth-order valence-corrected chi connectivity index (χ4v) is 0. The topological polar surface area (TPSA) is 0 Å². The molecule has 0 amide bonds. The summed E-state index contributed by atoms with van der Waals surface area (Å²) in [5.41, 5.74) is 4.24. The van der Waals surface area contributed by atoms with Crippen LogP contribution >= 0.6 is 11.6 Å². The van der Waals surface area contributed by atoms with Gasteiger partial charge in [0.25, 0.3) is 0 Å². The van der Waals surface area contributed by atoms with Crippen molar-refractivity contribution < 1.29 is 0 Å². The fourth-order valence-electron chi connectivity index (χ4n) is 0. The summed E-state index contributed by atoms with van der Waals surface area (Å²) in [5.74, 6) is 0. The third-order valence-corrected chi connectivity index (χ3v) is 0.200. The Bertz CT molecular complexity index is 41.2. The SMILES string of the molecule is C=C=[C+]Cl. The van der Waals surface area contributed by atoms with Crippen LogP contribution in [-0.2, 0) is 0 Å². The third kappa shape index (κ3) is 1.72. The summed E-state index contributed by atoms with van der Waals surface area (Å²) in [4.78, 5) is 0. The number of hydrogen-bond donors (Lipinski definition) is 0. The molecule has 0 aromatic carbocycles. The van der Waals surface area contributed by atoms with Crippen LogP contribution in [0.3, 0.4) is 0 Å². The van der Waals surface area contributed by atoms with E-state index in [1.165, 1.54) is 0 Å². The molecule has 0 unspecified atom stereocenters. The third-order valence-electron chi connectivity index (χ3n) is 0.0668. The molecule has 0 fully saturated rings. The maximum absolute atomic E-state index is 4.76. The van der Waals surface area contributed by atoms with Crippen LogP contribution < -0.4 is 0 Å². The van der Waals surface area contributed by atoms with E-state index in [0.29, 0.717) is 0 Å². The Labute approximate surface area is 30.4 Å². The van der Waals surface area contributed by atoms with Gasteiger partial charge in [0.1, 0.15) is 11.6 Å². The zero-order valence-electron chi connectivity index (χ0n) is 2.09. The van der Waals surface area contributed by atoms with Crippen molar-refractivity contribution in [1.82, 2.24) is 0 Å². The Morgan fingerprint density at radius 3 is 2.25 bits per heavy atom. The Morgan fingerprint density at radius 1 is 2.00 bits per heavy atom. The Hall–Kier alpha value is -0.280. The van der Waals surface area contributed by atoms with Crippen LogP contribution in [-0.4, -0.2) is 0 Å². The summed E-state index contributed by atoms with van der Waals surface area (Å²) in [7, 11) is 0. The molecule has 0 saturated heterocycles. The smallest absolute Gasteiger partial charge is 0.0839 e. The first kappa shape index (κ1) is 3.72. The molecule has 0 atom stereocenters. The maximum Gasteiger partial charge on any atom is 0.242 e. The largest absolute Gasteiger partial charge is 0.242 e. The van der Waals surface area contributed by atoms with E-state index in [4.69, 9.17) is 11.6 Å². The van der Waals surface area contributed by atoms with Crippen LogP contribution in [0, 0.1) is 5.54 Å². The van der Waals surface area contributed by atoms with Gasteiger partial charge in [0.2, 0.25) is 5.54 Å². The summed E-state index contributed by atoms with van der Waals surface area (Å²) in [5, 5.41) is 0. The summed E-state index contributed by atoms with van der Waals surface area (Å²) >= 11 is 4.76. The van der Waals surface area contributed by atoms with E-state index in [1.807, 2.05) is 5.54 Å². The molecule has 0 spiro atoms. The van der Waals surface area contributed by atoms with Gasteiger partial charge < -0.3 is 0 Å². The first-order valence-corrected chi connectivity index (χ1v) is 1.17. The average molecular weight is 73.5 g/mol. The molecule has 4 heavy (non-hydrogen) atoms. The van der Waals surface area contributed by atoms with Crippen molar-refractivity contribution in [2.45, 2.75) is 0 Å². The van der Waals surface area contributed by atoms with Crippen LogP contribution in [0.25, 0.3) is 0 Å². The minimum absolute atomic E-state index is 2.04. The zero-order chi connectivity index (χ0) is 3.41. The Balaban J connectivity index is 3.11. The second-order valence-electron chi connectivity index (χ2n) is 0.271. The molecule has 0 heterocycles. The zero-order valence-corrected chi connectivity index (χ0v) is 2.84. The molecule has 0 rings (SSSR count). The van der Waals surface area contributed by atoms with Gasteiger partial charge >= 0.3 is 0 Å². The molecule has 0 aliphatic carbocycles. The highest BCUT2D eigenvalue weighted by molar-refractivity contribution is 6.21. The lowest BCUT2D eigenvalue weighted by molar-refractivity contribution is 2.32. The highest BCUT2D eigenvalue weighted by atomic mass is 35.5. The van der Waals surface area contributed by atoms with Gasteiger partial charge in [-0.1, -0.05) is 0 Å². The monoisotopic (exact) mass is 73.0 g/mol. The molecule has 1 heteroatoms. The van der Waals surface area contributed by atoms with Crippen molar-refractivity contribution in [2.75, 3.05) is 0 Å². The highest BCUT2D eigenvalue weighted by Gasteiger charge is 1.49. The van der Waals surface area contributed by atoms with Gasteiger partial charge in [0.05, 0.1) is 6.58 Å². The van der Waals surface area contributed by atoms with E-state index in [1.54, 1.807) is 0 Å².